The van der Waals surface area contributed by atoms with Gasteiger partial charge in [0.25, 0.3) is 0 Å². The van der Waals surface area contributed by atoms with Crippen LogP contribution in [0.3, 0.4) is 0 Å². The van der Waals surface area contributed by atoms with E-state index in [0.717, 1.165) is 25.2 Å². The van der Waals surface area contributed by atoms with Gasteiger partial charge < -0.3 is 10.8 Å². The topological polar surface area (TPSA) is 46.2 Å². The van der Waals surface area contributed by atoms with Gasteiger partial charge in [-0.3, -0.25) is 0 Å². The quantitative estimate of drug-likeness (QED) is 0.645. The molecule has 1 rings (SSSR count). The molecule has 66 valence electrons. The van der Waals surface area contributed by atoms with Crippen LogP contribution in [-0.4, -0.2) is 17.8 Å². The van der Waals surface area contributed by atoms with Gasteiger partial charge >= 0.3 is 0 Å². The van der Waals surface area contributed by atoms with Gasteiger partial charge in [-0.25, -0.2) is 0 Å². The Kier molecular flexibility index (Phi) is 2.55. The van der Waals surface area contributed by atoms with Crippen molar-refractivity contribution in [1.29, 1.82) is 0 Å². The Balaban J connectivity index is 2.28. The molecule has 0 radical (unpaired) electrons. The van der Waals surface area contributed by atoms with Crippen molar-refractivity contribution < 1.29 is 5.11 Å². The first-order chi connectivity index (χ1) is 5.09. The first-order valence-electron chi connectivity index (χ1n) is 4.45. The molecule has 2 nitrogen and oxygen atoms in total. The normalized spacial score (nSPS) is 34.9. The molecule has 0 unspecified atom stereocenters. The van der Waals surface area contributed by atoms with Gasteiger partial charge in [-0.2, -0.15) is 0 Å². The molecule has 0 aromatic heterocycles. The summed E-state index contributed by atoms with van der Waals surface area (Å²) >= 11 is 0. The van der Waals surface area contributed by atoms with Crippen molar-refractivity contribution >= 4 is 0 Å². The highest BCUT2D eigenvalue weighted by atomic mass is 16.2. The molecule has 3 N–H and O–H groups in total. The molecule has 1 saturated carbocycles. The largest absolute Gasteiger partial charge is 0.396 e. The summed E-state index contributed by atoms with van der Waals surface area (Å²) in [4.78, 5) is 0. The second kappa shape index (κ2) is 3.11. The molecule has 11 heavy (non-hydrogen) atoms. The molecule has 2 atom stereocenters. The molecule has 1 fully saturated rings. The van der Waals surface area contributed by atoms with Gasteiger partial charge in [0.15, 0.2) is 0 Å². The third kappa shape index (κ3) is 1.57. The fraction of sp³-hybridized carbons (Fsp3) is 1.00. The van der Waals surface area contributed by atoms with Crippen molar-refractivity contribution in [2.24, 2.45) is 17.1 Å². The number of rotatable bonds is 3. The van der Waals surface area contributed by atoms with E-state index in [1.807, 2.05) is 0 Å². The zero-order valence-electron chi connectivity index (χ0n) is 7.51. The number of hydrogen-bond donors (Lipinski definition) is 2. The smallest absolute Gasteiger partial charge is 0.0431 e. The molecule has 0 aromatic rings. The molecule has 0 bridgehead atoms. The van der Waals surface area contributed by atoms with Crippen LogP contribution in [0.1, 0.15) is 33.1 Å². The molecule has 0 aliphatic heterocycles. The van der Waals surface area contributed by atoms with Crippen LogP contribution in [0.15, 0.2) is 0 Å². The summed E-state index contributed by atoms with van der Waals surface area (Å²) in [6.45, 7) is 4.77. The zero-order valence-corrected chi connectivity index (χ0v) is 7.51. The van der Waals surface area contributed by atoms with Crippen LogP contribution < -0.4 is 5.73 Å². The summed E-state index contributed by atoms with van der Waals surface area (Å²) in [5.41, 5.74) is 6.17. The molecule has 0 spiro atoms. The van der Waals surface area contributed by atoms with Crippen LogP contribution in [0, 0.1) is 11.3 Å². The van der Waals surface area contributed by atoms with Crippen molar-refractivity contribution in [3.05, 3.63) is 0 Å². The second-order valence-corrected chi connectivity index (χ2v) is 4.23. The predicted octanol–water partition coefficient (Wildman–Crippen LogP) is 1.13. The number of hydrogen-bond acceptors (Lipinski definition) is 2. The van der Waals surface area contributed by atoms with Crippen LogP contribution in [0.5, 0.6) is 0 Å². The van der Waals surface area contributed by atoms with E-state index in [2.05, 4.69) is 13.8 Å². The second-order valence-electron chi connectivity index (χ2n) is 4.23. The maximum absolute atomic E-state index is 8.64. The van der Waals surface area contributed by atoms with Crippen LogP contribution in [0.25, 0.3) is 0 Å². The minimum Gasteiger partial charge on any atom is -0.396 e. The van der Waals surface area contributed by atoms with Crippen LogP contribution in [-0.2, 0) is 0 Å². The Morgan fingerprint density at radius 1 is 1.55 bits per heavy atom. The summed E-state index contributed by atoms with van der Waals surface area (Å²) in [5, 5.41) is 8.64. The SMILES string of the molecule is CC1(C)[C@@H](CCCO)C[C@H]1N. The maximum Gasteiger partial charge on any atom is 0.0431 e. The molecule has 1 aliphatic carbocycles. The number of aliphatic hydroxyl groups excluding tert-OH is 1. The van der Waals surface area contributed by atoms with E-state index in [9.17, 15) is 0 Å². The molecule has 0 heterocycles. The van der Waals surface area contributed by atoms with Gasteiger partial charge in [0.2, 0.25) is 0 Å². The highest BCUT2D eigenvalue weighted by Gasteiger charge is 2.44. The number of aliphatic hydroxyl groups is 1. The van der Waals surface area contributed by atoms with E-state index in [1.165, 1.54) is 0 Å². The molecule has 0 aromatic carbocycles. The van der Waals surface area contributed by atoms with Crippen molar-refractivity contribution in [2.75, 3.05) is 6.61 Å². The van der Waals surface area contributed by atoms with Crippen molar-refractivity contribution in [1.82, 2.24) is 0 Å². The first-order valence-corrected chi connectivity index (χ1v) is 4.45. The average molecular weight is 157 g/mol. The van der Waals surface area contributed by atoms with Crippen molar-refractivity contribution in [3.8, 4) is 0 Å². The monoisotopic (exact) mass is 157 g/mol. The Morgan fingerprint density at radius 2 is 2.18 bits per heavy atom. The van der Waals surface area contributed by atoms with Crippen molar-refractivity contribution in [2.45, 2.75) is 39.2 Å². The minimum absolute atomic E-state index is 0.315. The standard InChI is InChI=1S/C9H19NO/c1-9(2)7(4-3-5-11)6-8(9)10/h7-8,11H,3-6,10H2,1-2H3/t7-,8+/m0/s1. The van der Waals surface area contributed by atoms with Gasteiger partial charge in [-0.15, -0.1) is 0 Å². The highest BCUT2D eigenvalue weighted by Crippen LogP contribution is 2.47. The fourth-order valence-electron chi connectivity index (χ4n) is 1.88. The lowest BCUT2D eigenvalue weighted by atomic mass is 9.57. The van der Waals surface area contributed by atoms with Gasteiger partial charge in [0, 0.05) is 12.6 Å². The van der Waals surface area contributed by atoms with Gasteiger partial charge in [-0.1, -0.05) is 13.8 Å². The Hall–Kier alpha value is -0.0800. The summed E-state index contributed by atoms with van der Waals surface area (Å²) in [5.74, 6) is 0.740. The van der Waals surface area contributed by atoms with E-state index in [4.69, 9.17) is 10.8 Å². The van der Waals surface area contributed by atoms with E-state index in [-0.39, 0.29) is 0 Å². The van der Waals surface area contributed by atoms with E-state index < -0.39 is 0 Å². The molecular formula is C9H19NO. The third-order valence-corrected chi connectivity index (χ3v) is 3.26. The van der Waals surface area contributed by atoms with E-state index in [1.54, 1.807) is 0 Å². The van der Waals surface area contributed by atoms with E-state index >= 15 is 0 Å². The lowest BCUT2D eigenvalue weighted by Gasteiger charge is -2.50. The van der Waals surface area contributed by atoms with Crippen LogP contribution in [0.2, 0.25) is 0 Å². The zero-order chi connectivity index (χ0) is 8.48. The van der Waals surface area contributed by atoms with Crippen LogP contribution in [0.4, 0.5) is 0 Å². The van der Waals surface area contributed by atoms with E-state index in [0.29, 0.717) is 18.1 Å². The Bertz CT molecular complexity index is 134. The lowest BCUT2D eigenvalue weighted by molar-refractivity contribution is 0.0266. The molecule has 1 aliphatic rings. The fourth-order valence-corrected chi connectivity index (χ4v) is 1.88. The summed E-state index contributed by atoms with van der Waals surface area (Å²) in [6, 6.07) is 0.381. The highest BCUT2D eigenvalue weighted by molar-refractivity contribution is 4.98. The molecule has 2 heteroatoms. The lowest BCUT2D eigenvalue weighted by Crippen LogP contribution is -2.54. The average Bonchev–Trinajstić information content (AvgIpc) is 1.97. The van der Waals surface area contributed by atoms with Gasteiger partial charge in [0.05, 0.1) is 0 Å². The van der Waals surface area contributed by atoms with Crippen LogP contribution >= 0.6 is 0 Å². The summed E-state index contributed by atoms with van der Waals surface area (Å²) in [7, 11) is 0. The summed E-state index contributed by atoms with van der Waals surface area (Å²) < 4.78 is 0. The van der Waals surface area contributed by atoms with Crippen molar-refractivity contribution in [3.63, 3.8) is 0 Å². The van der Waals surface area contributed by atoms with Gasteiger partial charge in [0.1, 0.15) is 0 Å². The summed E-state index contributed by atoms with van der Waals surface area (Å²) in [6.07, 6.45) is 3.21. The van der Waals surface area contributed by atoms with Gasteiger partial charge in [-0.05, 0) is 30.6 Å². The number of nitrogens with two attached hydrogens (primary N) is 1. The third-order valence-electron chi connectivity index (χ3n) is 3.26. The first kappa shape index (κ1) is 9.01. The minimum atomic E-state index is 0.315. The molecule has 0 saturated heterocycles. The Labute approximate surface area is 68.8 Å². The Morgan fingerprint density at radius 3 is 2.55 bits per heavy atom. The molecule has 0 amide bonds. The molecular weight excluding hydrogens is 138 g/mol. The predicted molar refractivity (Wildman–Crippen MR) is 46.2 cm³/mol. The maximum atomic E-state index is 8.64.